The van der Waals surface area contributed by atoms with E-state index in [1.807, 2.05) is 0 Å². The molecule has 10 heteroatoms. The topological polar surface area (TPSA) is 134 Å². The minimum Gasteiger partial charge on any atom is -0.352 e. The number of aromatic amines is 1. The first-order chi connectivity index (χ1) is 14.0. The Morgan fingerprint density at radius 1 is 1.00 bits per heavy atom. The second kappa shape index (κ2) is 7.50. The molecule has 0 unspecified atom stereocenters. The lowest BCUT2D eigenvalue weighted by atomic mass is 10.1. The molecule has 10 nitrogen and oxygen atoms in total. The number of nitrogens with one attached hydrogen (secondary N) is 2. The van der Waals surface area contributed by atoms with Crippen molar-refractivity contribution in [3.8, 4) is 0 Å². The molecule has 0 radical (unpaired) electrons. The van der Waals surface area contributed by atoms with Gasteiger partial charge in [-0.1, -0.05) is 17.2 Å². The zero-order valence-electron chi connectivity index (χ0n) is 15.0. The van der Waals surface area contributed by atoms with Crippen molar-refractivity contribution in [2.24, 2.45) is 0 Å². The molecule has 1 aliphatic heterocycles. The minimum atomic E-state index is -0.738. The van der Waals surface area contributed by atoms with Crippen molar-refractivity contribution in [3.63, 3.8) is 0 Å². The van der Waals surface area contributed by atoms with Crippen LogP contribution in [0.15, 0.2) is 42.5 Å². The Morgan fingerprint density at radius 3 is 2.41 bits per heavy atom. The average molecular weight is 393 g/mol. The number of fused-ring (bicyclic) bond motifs is 2. The third kappa shape index (κ3) is 3.55. The molecule has 0 saturated heterocycles. The van der Waals surface area contributed by atoms with E-state index in [1.54, 1.807) is 30.3 Å². The first kappa shape index (κ1) is 18.3. The van der Waals surface area contributed by atoms with Crippen molar-refractivity contribution in [1.29, 1.82) is 0 Å². The summed E-state index contributed by atoms with van der Waals surface area (Å²) >= 11 is 0. The highest BCUT2D eigenvalue weighted by Crippen LogP contribution is 2.22. The molecule has 0 fully saturated rings. The number of amides is 3. The number of carbonyl (C=O) groups excluding carboxylic acids is 4. The third-order valence-electron chi connectivity index (χ3n) is 4.37. The Labute approximate surface area is 163 Å². The second-order valence-corrected chi connectivity index (χ2v) is 6.30. The van der Waals surface area contributed by atoms with Crippen molar-refractivity contribution < 1.29 is 24.0 Å². The molecule has 0 spiro atoms. The maximum Gasteiger partial charge on any atom is 0.333 e. The number of rotatable bonds is 6. The van der Waals surface area contributed by atoms with Crippen LogP contribution in [0.5, 0.6) is 0 Å². The number of aromatic nitrogens is 3. The zero-order chi connectivity index (χ0) is 20.4. The van der Waals surface area contributed by atoms with Crippen LogP contribution in [0.1, 0.15) is 43.9 Å². The van der Waals surface area contributed by atoms with E-state index in [2.05, 4.69) is 20.7 Å². The summed E-state index contributed by atoms with van der Waals surface area (Å²) in [6, 6.07) is 11.1. The Bertz CT molecular complexity index is 1100. The molecule has 29 heavy (non-hydrogen) atoms. The average Bonchev–Trinajstić information content (AvgIpc) is 3.29. The van der Waals surface area contributed by atoms with Crippen molar-refractivity contribution >= 4 is 34.7 Å². The fraction of sp³-hybridized carbons (Fsp3) is 0.158. The molecule has 1 aromatic heterocycles. The van der Waals surface area contributed by atoms with E-state index in [1.165, 1.54) is 12.1 Å². The number of carbonyl (C=O) groups is 4. The van der Waals surface area contributed by atoms with Crippen LogP contribution >= 0.6 is 0 Å². The van der Waals surface area contributed by atoms with E-state index in [4.69, 9.17) is 4.84 Å². The van der Waals surface area contributed by atoms with Crippen LogP contribution in [0, 0.1) is 0 Å². The Balaban J connectivity index is 1.25. The molecule has 0 atom stereocenters. The molecule has 146 valence electrons. The number of imide groups is 1. The maximum absolute atomic E-state index is 12.2. The molecular formula is C19H15N5O5. The van der Waals surface area contributed by atoms with E-state index in [9.17, 15) is 19.2 Å². The van der Waals surface area contributed by atoms with Crippen molar-refractivity contribution in [3.05, 3.63) is 59.2 Å². The van der Waals surface area contributed by atoms with E-state index in [0.717, 1.165) is 0 Å². The summed E-state index contributed by atoms with van der Waals surface area (Å²) in [5, 5.41) is 13.5. The quantitative estimate of drug-likeness (QED) is 0.475. The molecule has 2 heterocycles. The highest BCUT2D eigenvalue weighted by molar-refractivity contribution is 6.20. The van der Waals surface area contributed by atoms with Gasteiger partial charge in [0.2, 0.25) is 0 Å². The summed E-state index contributed by atoms with van der Waals surface area (Å²) in [4.78, 5) is 53.4. The summed E-state index contributed by atoms with van der Waals surface area (Å²) in [5.41, 5.74) is 2.03. The summed E-state index contributed by atoms with van der Waals surface area (Å²) in [5.74, 6) is -2.40. The Kier molecular flexibility index (Phi) is 4.73. The largest absolute Gasteiger partial charge is 0.352 e. The predicted molar refractivity (Wildman–Crippen MR) is 98.5 cm³/mol. The molecular weight excluding hydrogens is 378 g/mol. The van der Waals surface area contributed by atoms with Gasteiger partial charge in [0.05, 0.1) is 11.1 Å². The molecule has 0 bridgehead atoms. The van der Waals surface area contributed by atoms with Crippen LogP contribution in [-0.2, 0) is 9.63 Å². The van der Waals surface area contributed by atoms with Crippen LogP contribution < -0.4 is 5.32 Å². The number of hydroxylamine groups is 2. The fourth-order valence-corrected chi connectivity index (χ4v) is 2.92. The lowest BCUT2D eigenvalue weighted by molar-refractivity contribution is -0.168. The van der Waals surface area contributed by atoms with Gasteiger partial charge in [0, 0.05) is 18.5 Å². The number of hydrogen-bond acceptors (Lipinski definition) is 7. The van der Waals surface area contributed by atoms with Gasteiger partial charge in [-0.3, -0.25) is 14.4 Å². The zero-order valence-corrected chi connectivity index (χ0v) is 15.0. The molecule has 4 rings (SSSR count). The van der Waals surface area contributed by atoms with Crippen LogP contribution in [0.25, 0.3) is 11.0 Å². The Hall–Kier alpha value is -4.08. The number of hydrogen-bond donors (Lipinski definition) is 2. The SMILES string of the molecule is O=C(CCCNC(=O)c1ccc2n[nH]nc2c1)ON1C(=O)c2ccccc2C1=O. The molecule has 3 amide bonds. The first-order valence-corrected chi connectivity index (χ1v) is 8.82. The molecule has 1 aliphatic rings. The van der Waals surface area contributed by atoms with Gasteiger partial charge in [-0.15, -0.1) is 0 Å². The van der Waals surface area contributed by atoms with Crippen LogP contribution in [-0.4, -0.2) is 50.7 Å². The van der Waals surface area contributed by atoms with Gasteiger partial charge in [0.1, 0.15) is 11.0 Å². The number of nitrogens with zero attached hydrogens (tertiary/aromatic N) is 3. The molecule has 2 aromatic carbocycles. The van der Waals surface area contributed by atoms with Crippen LogP contribution in [0.4, 0.5) is 0 Å². The van der Waals surface area contributed by atoms with Crippen LogP contribution in [0.2, 0.25) is 0 Å². The van der Waals surface area contributed by atoms with Gasteiger partial charge in [0.15, 0.2) is 0 Å². The smallest absolute Gasteiger partial charge is 0.333 e. The van der Waals surface area contributed by atoms with Crippen molar-refractivity contribution in [1.82, 2.24) is 25.8 Å². The van der Waals surface area contributed by atoms with Crippen molar-refractivity contribution in [2.75, 3.05) is 6.54 Å². The summed E-state index contributed by atoms with van der Waals surface area (Å²) in [7, 11) is 0. The maximum atomic E-state index is 12.2. The normalized spacial score (nSPS) is 12.9. The number of benzene rings is 2. The molecule has 3 aromatic rings. The van der Waals surface area contributed by atoms with Gasteiger partial charge in [-0.2, -0.15) is 15.4 Å². The summed E-state index contributed by atoms with van der Waals surface area (Å²) < 4.78 is 0. The molecule has 2 N–H and O–H groups in total. The van der Waals surface area contributed by atoms with Gasteiger partial charge < -0.3 is 10.2 Å². The summed E-state index contributed by atoms with van der Waals surface area (Å²) in [6.45, 7) is 0.215. The lowest BCUT2D eigenvalue weighted by Gasteiger charge is -2.12. The number of H-pyrrole nitrogens is 1. The van der Waals surface area contributed by atoms with E-state index < -0.39 is 17.8 Å². The second-order valence-electron chi connectivity index (χ2n) is 6.30. The first-order valence-electron chi connectivity index (χ1n) is 8.82. The summed E-state index contributed by atoms with van der Waals surface area (Å²) in [6.07, 6.45) is 0.204. The highest BCUT2D eigenvalue weighted by atomic mass is 16.7. The third-order valence-corrected chi connectivity index (χ3v) is 4.37. The minimum absolute atomic E-state index is 0.0734. The van der Waals surface area contributed by atoms with E-state index in [0.29, 0.717) is 21.7 Å². The highest BCUT2D eigenvalue weighted by Gasteiger charge is 2.38. The lowest BCUT2D eigenvalue weighted by Crippen LogP contribution is -2.33. The standard InChI is InChI=1S/C19H15N5O5/c25-16(29-24-18(27)12-4-1-2-5-13(12)19(24)28)6-3-9-20-17(26)11-7-8-14-15(10-11)22-23-21-14/h1-2,4-5,7-8,10H,3,6,9H2,(H,20,26)(H,21,22,23). The van der Waals surface area contributed by atoms with Gasteiger partial charge in [-0.05, 0) is 36.8 Å². The fourth-order valence-electron chi connectivity index (χ4n) is 2.92. The molecule has 0 aliphatic carbocycles. The van der Waals surface area contributed by atoms with Gasteiger partial charge in [-0.25, -0.2) is 4.79 Å². The van der Waals surface area contributed by atoms with Crippen LogP contribution in [0.3, 0.4) is 0 Å². The Morgan fingerprint density at radius 2 is 1.69 bits per heavy atom. The molecule has 0 saturated carbocycles. The van der Waals surface area contributed by atoms with Crippen molar-refractivity contribution in [2.45, 2.75) is 12.8 Å². The van der Waals surface area contributed by atoms with E-state index in [-0.39, 0.29) is 36.4 Å². The van der Waals surface area contributed by atoms with Gasteiger partial charge in [0.25, 0.3) is 17.7 Å². The van der Waals surface area contributed by atoms with Gasteiger partial charge >= 0.3 is 5.97 Å². The van der Waals surface area contributed by atoms with E-state index >= 15 is 0 Å². The predicted octanol–water partition coefficient (Wildman–Crippen LogP) is 1.22. The monoisotopic (exact) mass is 393 g/mol.